The lowest BCUT2D eigenvalue weighted by Gasteiger charge is -2.16. The van der Waals surface area contributed by atoms with Crippen molar-refractivity contribution in [3.05, 3.63) is 52.0 Å². The average molecular weight is 260 g/mol. The van der Waals surface area contributed by atoms with E-state index in [0.717, 1.165) is 12.8 Å². The molecule has 2 aromatic rings. The van der Waals surface area contributed by atoms with Gasteiger partial charge in [-0.15, -0.1) is 11.3 Å². The second-order valence-corrected chi connectivity index (χ2v) is 5.56. The Labute approximate surface area is 113 Å². The number of nitrogens with zero attached hydrogens (tertiary/aromatic N) is 1. The standard InChI is InChI=1S/C15H20N2S/c1-12-17-14(11-18-12)9-6-10-15(16-2)13-7-4-3-5-8-13/h3-5,7-8,11,15-16H,6,9-10H2,1-2H3. The van der Waals surface area contributed by atoms with Gasteiger partial charge in [0.25, 0.3) is 0 Å². The fraction of sp³-hybridized carbons (Fsp3) is 0.400. The van der Waals surface area contributed by atoms with E-state index in [1.165, 1.54) is 22.7 Å². The molecule has 1 atom stereocenters. The van der Waals surface area contributed by atoms with Crippen molar-refractivity contribution < 1.29 is 0 Å². The van der Waals surface area contributed by atoms with Crippen molar-refractivity contribution in [2.45, 2.75) is 32.2 Å². The highest BCUT2D eigenvalue weighted by Gasteiger charge is 2.08. The van der Waals surface area contributed by atoms with E-state index in [1.54, 1.807) is 11.3 Å². The van der Waals surface area contributed by atoms with Crippen molar-refractivity contribution in [2.24, 2.45) is 0 Å². The number of nitrogens with one attached hydrogen (secondary N) is 1. The van der Waals surface area contributed by atoms with Crippen LogP contribution >= 0.6 is 11.3 Å². The lowest BCUT2D eigenvalue weighted by molar-refractivity contribution is 0.525. The number of benzene rings is 1. The summed E-state index contributed by atoms with van der Waals surface area (Å²) in [5.74, 6) is 0. The molecular formula is C15H20N2S. The van der Waals surface area contributed by atoms with Crippen LogP contribution in [0.25, 0.3) is 0 Å². The zero-order valence-corrected chi connectivity index (χ0v) is 11.8. The number of aryl methyl sites for hydroxylation is 2. The molecule has 1 heterocycles. The van der Waals surface area contributed by atoms with Crippen molar-refractivity contribution in [3.63, 3.8) is 0 Å². The third kappa shape index (κ3) is 3.65. The minimum Gasteiger partial charge on any atom is -0.313 e. The summed E-state index contributed by atoms with van der Waals surface area (Å²) in [6.07, 6.45) is 3.40. The zero-order chi connectivity index (χ0) is 12.8. The lowest BCUT2D eigenvalue weighted by atomic mass is 10.0. The molecule has 0 spiro atoms. The molecule has 2 rings (SSSR count). The maximum Gasteiger partial charge on any atom is 0.0897 e. The molecule has 2 nitrogen and oxygen atoms in total. The molecule has 1 unspecified atom stereocenters. The summed E-state index contributed by atoms with van der Waals surface area (Å²) >= 11 is 1.74. The van der Waals surface area contributed by atoms with Gasteiger partial charge >= 0.3 is 0 Å². The molecule has 0 aliphatic rings. The molecule has 3 heteroatoms. The fourth-order valence-electron chi connectivity index (χ4n) is 2.17. The molecule has 0 aliphatic carbocycles. The minimum absolute atomic E-state index is 0.450. The summed E-state index contributed by atoms with van der Waals surface area (Å²) in [7, 11) is 2.03. The number of hydrogen-bond acceptors (Lipinski definition) is 3. The van der Waals surface area contributed by atoms with E-state index < -0.39 is 0 Å². The van der Waals surface area contributed by atoms with Crippen LogP contribution in [-0.2, 0) is 6.42 Å². The largest absolute Gasteiger partial charge is 0.313 e. The van der Waals surface area contributed by atoms with Crippen LogP contribution in [0.2, 0.25) is 0 Å². The monoisotopic (exact) mass is 260 g/mol. The van der Waals surface area contributed by atoms with Crippen LogP contribution in [0.15, 0.2) is 35.7 Å². The normalized spacial score (nSPS) is 12.6. The number of hydrogen-bond donors (Lipinski definition) is 1. The van der Waals surface area contributed by atoms with Gasteiger partial charge in [-0.05, 0) is 38.8 Å². The van der Waals surface area contributed by atoms with Gasteiger partial charge in [-0.2, -0.15) is 0 Å². The lowest BCUT2D eigenvalue weighted by Crippen LogP contribution is -2.16. The van der Waals surface area contributed by atoms with Gasteiger partial charge in [-0.1, -0.05) is 30.3 Å². The van der Waals surface area contributed by atoms with Crippen molar-refractivity contribution in [1.82, 2.24) is 10.3 Å². The molecule has 0 amide bonds. The Bertz CT molecular complexity index is 464. The molecule has 1 aromatic heterocycles. The molecule has 18 heavy (non-hydrogen) atoms. The average Bonchev–Trinajstić information content (AvgIpc) is 2.81. The van der Waals surface area contributed by atoms with Crippen molar-refractivity contribution in [2.75, 3.05) is 7.05 Å². The maximum absolute atomic E-state index is 4.50. The Hall–Kier alpha value is -1.19. The molecule has 0 saturated heterocycles. The van der Waals surface area contributed by atoms with Gasteiger partial charge in [-0.3, -0.25) is 0 Å². The molecule has 0 saturated carbocycles. The SMILES string of the molecule is CNC(CCCc1csc(C)n1)c1ccccc1. The van der Waals surface area contributed by atoms with Crippen LogP contribution in [0, 0.1) is 6.92 Å². The molecule has 0 radical (unpaired) electrons. The van der Waals surface area contributed by atoms with Gasteiger partial charge in [0.2, 0.25) is 0 Å². The molecule has 1 aromatic carbocycles. The summed E-state index contributed by atoms with van der Waals surface area (Å²) in [4.78, 5) is 4.50. The van der Waals surface area contributed by atoms with Crippen molar-refractivity contribution >= 4 is 11.3 Å². The van der Waals surface area contributed by atoms with E-state index in [9.17, 15) is 0 Å². The van der Waals surface area contributed by atoms with Crippen LogP contribution in [-0.4, -0.2) is 12.0 Å². The Morgan fingerprint density at radius 2 is 2.06 bits per heavy atom. The van der Waals surface area contributed by atoms with E-state index in [4.69, 9.17) is 0 Å². The topological polar surface area (TPSA) is 24.9 Å². The van der Waals surface area contributed by atoms with Gasteiger partial charge in [0, 0.05) is 11.4 Å². The zero-order valence-electron chi connectivity index (χ0n) is 11.0. The van der Waals surface area contributed by atoms with Gasteiger partial charge in [0.05, 0.1) is 10.7 Å². The molecule has 0 aliphatic heterocycles. The molecule has 0 bridgehead atoms. The smallest absolute Gasteiger partial charge is 0.0897 e. The third-order valence-electron chi connectivity index (χ3n) is 3.14. The van der Waals surface area contributed by atoms with E-state index in [-0.39, 0.29) is 0 Å². The minimum atomic E-state index is 0.450. The van der Waals surface area contributed by atoms with Crippen LogP contribution < -0.4 is 5.32 Å². The predicted molar refractivity (Wildman–Crippen MR) is 78.0 cm³/mol. The van der Waals surface area contributed by atoms with E-state index >= 15 is 0 Å². The molecule has 96 valence electrons. The Kier molecular flexibility index (Phi) is 4.90. The molecule has 1 N–H and O–H groups in total. The van der Waals surface area contributed by atoms with Gasteiger partial charge in [0.1, 0.15) is 0 Å². The Morgan fingerprint density at radius 3 is 2.67 bits per heavy atom. The second kappa shape index (κ2) is 6.66. The summed E-state index contributed by atoms with van der Waals surface area (Å²) < 4.78 is 0. The van der Waals surface area contributed by atoms with E-state index in [1.807, 2.05) is 7.05 Å². The second-order valence-electron chi connectivity index (χ2n) is 4.50. The third-order valence-corrected chi connectivity index (χ3v) is 3.97. The quantitative estimate of drug-likeness (QED) is 0.856. The first-order valence-corrected chi connectivity index (χ1v) is 7.31. The summed E-state index contributed by atoms with van der Waals surface area (Å²) in [6, 6.07) is 11.1. The first-order chi connectivity index (χ1) is 8.79. The maximum atomic E-state index is 4.50. The highest BCUT2D eigenvalue weighted by Crippen LogP contribution is 2.19. The van der Waals surface area contributed by atoms with Crippen LogP contribution in [0.1, 0.15) is 35.1 Å². The Morgan fingerprint density at radius 1 is 1.28 bits per heavy atom. The molecular weight excluding hydrogens is 240 g/mol. The van der Waals surface area contributed by atoms with E-state index in [2.05, 4.69) is 52.9 Å². The summed E-state index contributed by atoms with van der Waals surface area (Å²) in [6.45, 7) is 2.06. The van der Waals surface area contributed by atoms with Crippen LogP contribution in [0.5, 0.6) is 0 Å². The van der Waals surface area contributed by atoms with Crippen molar-refractivity contribution in [3.8, 4) is 0 Å². The highest BCUT2D eigenvalue weighted by molar-refractivity contribution is 7.09. The first kappa shape index (κ1) is 13.2. The predicted octanol–water partition coefficient (Wildman–Crippen LogP) is 3.73. The first-order valence-electron chi connectivity index (χ1n) is 6.43. The number of rotatable bonds is 6. The fourth-order valence-corrected chi connectivity index (χ4v) is 2.82. The number of aromatic nitrogens is 1. The number of thiazole rings is 1. The summed E-state index contributed by atoms with van der Waals surface area (Å²) in [5.41, 5.74) is 2.61. The van der Waals surface area contributed by atoms with Gasteiger partial charge in [-0.25, -0.2) is 4.98 Å². The van der Waals surface area contributed by atoms with E-state index in [0.29, 0.717) is 6.04 Å². The summed E-state index contributed by atoms with van der Waals surface area (Å²) in [5, 5.41) is 6.73. The van der Waals surface area contributed by atoms with Crippen LogP contribution in [0.4, 0.5) is 0 Å². The van der Waals surface area contributed by atoms with Crippen LogP contribution in [0.3, 0.4) is 0 Å². The molecule has 0 fully saturated rings. The van der Waals surface area contributed by atoms with Gasteiger partial charge < -0.3 is 5.32 Å². The van der Waals surface area contributed by atoms with Gasteiger partial charge in [0.15, 0.2) is 0 Å². The highest BCUT2D eigenvalue weighted by atomic mass is 32.1. The van der Waals surface area contributed by atoms with Crippen molar-refractivity contribution in [1.29, 1.82) is 0 Å². The Balaban J connectivity index is 1.84.